The Labute approximate surface area is 153 Å². The molecular formula is C17H23N3O5S. The van der Waals surface area contributed by atoms with E-state index >= 15 is 0 Å². The molecule has 1 aromatic rings. The van der Waals surface area contributed by atoms with Gasteiger partial charge in [-0.3, -0.25) is 4.79 Å². The molecule has 0 heterocycles. The van der Waals surface area contributed by atoms with Crippen molar-refractivity contribution < 1.29 is 22.7 Å². The van der Waals surface area contributed by atoms with Crippen molar-refractivity contribution in [1.29, 1.82) is 5.26 Å². The average molecular weight is 381 g/mol. The Morgan fingerprint density at radius 3 is 2.38 bits per heavy atom. The average Bonchev–Trinajstić information content (AvgIpc) is 2.50. The van der Waals surface area contributed by atoms with Crippen LogP contribution in [-0.2, 0) is 25.1 Å². The van der Waals surface area contributed by atoms with Gasteiger partial charge in [-0.25, -0.2) is 13.2 Å². The van der Waals surface area contributed by atoms with E-state index in [0.29, 0.717) is 5.56 Å². The maximum Gasteiger partial charge on any atom is 0.408 e. The van der Waals surface area contributed by atoms with E-state index in [1.807, 2.05) is 0 Å². The second kappa shape index (κ2) is 9.20. The van der Waals surface area contributed by atoms with E-state index in [-0.39, 0.29) is 12.3 Å². The van der Waals surface area contributed by atoms with Gasteiger partial charge in [-0.15, -0.1) is 0 Å². The second-order valence-electron chi connectivity index (χ2n) is 6.61. The van der Waals surface area contributed by atoms with Gasteiger partial charge in [-0.05, 0) is 26.3 Å². The molecule has 0 saturated heterocycles. The zero-order chi connectivity index (χ0) is 19.8. The van der Waals surface area contributed by atoms with Crippen molar-refractivity contribution in [3.05, 3.63) is 35.9 Å². The monoisotopic (exact) mass is 381 g/mol. The van der Waals surface area contributed by atoms with Gasteiger partial charge in [-0.1, -0.05) is 30.3 Å². The van der Waals surface area contributed by atoms with Gasteiger partial charge >= 0.3 is 6.09 Å². The number of ether oxygens (including phenoxy) is 1. The third-order valence-corrected chi connectivity index (χ3v) is 4.61. The maximum absolute atomic E-state index is 12.4. The molecule has 1 unspecified atom stereocenters. The Morgan fingerprint density at radius 2 is 1.85 bits per heavy atom. The summed E-state index contributed by atoms with van der Waals surface area (Å²) in [6.45, 7) is 4.63. The number of carbonyl (C=O) groups is 2. The summed E-state index contributed by atoms with van der Waals surface area (Å²) in [5.41, 5.74) is -0.235. The number of nitrogens with one attached hydrogen (secondary N) is 2. The first-order valence-electron chi connectivity index (χ1n) is 7.91. The highest BCUT2D eigenvalue weighted by Crippen LogP contribution is 2.10. The van der Waals surface area contributed by atoms with Crippen molar-refractivity contribution in [3.8, 4) is 6.07 Å². The zero-order valence-corrected chi connectivity index (χ0v) is 15.8. The molecule has 1 atom stereocenters. The van der Waals surface area contributed by atoms with E-state index in [2.05, 4.69) is 10.6 Å². The summed E-state index contributed by atoms with van der Waals surface area (Å²) in [7, 11) is -3.71. The van der Waals surface area contributed by atoms with E-state index in [1.54, 1.807) is 57.2 Å². The van der Waals surface area contributed by atoms with E-state index < -0.39 is 39.2 Å². The van der Waals surface area contributed by atoms with E-state index in [9.17, 15) is 18.0 Å². The van der Waals surface area contributed by atoms with Gasteiger partial charge in [0.1, 0.15) is 18.2 Å². The number of nitrogens with zero attached hydrogens (tertiary/aromatic N) is 1. The zero-order valence-electron chi connectivity index (χ0n) is 15.0. The van der Waals surface area contributed by atoms with Gasteiger partial charge in [0.05, 0.1) is 17.6 Å². The number of hydrogen-bond donors (Lipinski definition) is 2. The molecule has 0 aromatic heterocycles. The first-order valence-corrected chi connectivity index (χ1v) is 9.73. The van der Waals surface area contributed by atoms with Crippen molar-refractivity contribution in [2.75, 3.05) is 12.3 Å². The normalized spacial score (nSPS) is 12.5. The number of alkyl carbamates (subject to hydrolysis) is 1. The van der Waals surface area contributed by atoms with Crippen LogP contribution in [0, 0.1) is 11.3 Å². The number of rotatable bonds is 7. The minimum absolute atomic E-state index is 0.272. The predicted octanol–water partition coefficient (Wildman–Crippen LogP) is 1.13. The van der Waals surface area contributed by atoms with Gasteiger partial charge < -0.3 is 15.4 Å². The summed E-state index contributed by atoms with van der Waals surface area (Å²) in [5, 5.41) is 13.1. The third-order valence-electron chi connectivity index (χ3n) is 3.00. The lowest BCUT2D eigenvalue weighted by Crippen LogP contribution is -2.51. The molecule has 9 heteroatoms. The van der Waals surface area contributed by atoms with Crippen LogP contribution in [0.2, 0.25) is 0 Å². The SMILES string of the molecule is CC(C)(C)OC(=O)NC(CS(=O)(=O)Cc1ccccc1)C(=O)NCC#N. The largest absolute Gasteiger partial charge is 0.444 e. The van der Waals surface area contributed by atoms with Gasteiger partial charge in [-0.2, -0.15) is 5.26 Å². The van der Waals surface area contributed by atoms with Gasteiger partial charge in [0, 0.05) is 0 Å². The predicted molar refractivity (Wildman–Crippen MR) is 95.7 cm³/mol. The Kier molecular flexibility index (Phi) is 7.58. The topological polar surface area (TPSA) is 125 Å². The lowest BCUT2D eigenvalue weighted by atomic mass is 10.2. The van der Waals surface area contributed by atoms with Crippen LogP contribution in [0.1, 0.15) is 26.3 Å². The summed E-state index contributed by atoms with van der Waals surface area (Å²) in [6, 6.07) is 8.85. The molecule has 0 fully saturated rings. The van der Waals surface area contributed by atoms with Gasteiger partial charge in [0.2, 0.25) is 5.91 Å². The lowest BCUT2D eigenvalue weighted by molar-refractivity contribution is -0.122. The molecule has 142 valence electrons. The highest BCUT2D eigenvalue weighted by molar-refractivity contribution is 7.90. The molecule has 0 spiro atoms. The van der Waals surface area contributed by atoms with Crippen molar-refractivity contribution in [1.82, 2.24) is 10.6 Å². The molecule has 2 N–H and O–H groups in total. The minimum atomic E-state index is -3.71. The van der Waals surface area contributed by atoms with E-state index in [1.165, 1.54) is 0 Å². The molecule has 26 heavy (non-hydrogen) atoms. The van der Waals surface area contributed by atoms with Crippen molar-refractivity contribution in [2.45, 2.75) is 38.2 Å². The maximum atomic E-state index is 12.4. The highest BCUT2D eigenvalue weighted by Gasteiger charge is 2.29. The minimum Gasteiger partial charge on any atom is -0.444 e. The van der Waals surface area contributed by atoms with Crippen LogP contribution in [0.4, 0.5) is 4.79 Å². The smallest absolute Gasteiger partial charge is 0.408 e. The molecule has 0 aliphatic carbocycles. The standard InChI is InChI=1S/C17H23N3O5S/c1-17(2,3)25-16(22)20-14(15(21)19-10-9-18)12-26(23,24)11-13-7-5-4-6-8-13/h4-8,14H,10-12H2,1-3H3,(H,19,21)(H,20,22). The molecule has 0 radical (unpaired) electrons. The van der Waals surface area contributed by atoms with Crippen LogP contribution < -0.4 is 10.6 Å². The Balaban J connectivity index is 2.88. The molecule has 2 amide bonds. The fourth-order valence-electron chi connectivity index (χ4n) is 2.02. The van der Waals surface area contributed by atoms with Crippen LogP contribution in [0.5, 0.6) is 0 Å². The molecule has 1 rings (SSSR count). The molecule has 0 aliphatic heterocycles. The Bertz CT molecular complexity index is 764. The number of carbonyl (C=O) groups excluding carboxylic acids is 2. The highest BCUT2D eigenvalue weighted by atomic mass is 32.2. The van der Waals surface area contributed by atoms with Crippen LogP contribution in [0.15, 0.2) is 30.3 Å². The lowest BCUT2D eigenvalue weighted by Gasteiger charge is -2.23. The number of sulfone groups is 1. The van der Waals surface area contributed by atoms with E-state index in [0.717, 1.165) is 0 Å². The number of hydrogen-bond acceptors (Lipinski definition) is 6. The quantitative estimate of drug-likeness (QED) is 0.682. The second-order valence-corrected chi connectivity index (χ2v) is 8.72. The van der Waals surface area contributed by atoms with Crippen molar-refractivity contribution >= 4 is 21.8 Å². The van der Waals surface area contributed by atoms with Crippen LogP contribution in [0.3, 0.4) is 0 Å². The van der Waals surface area contributed by atoms with E-state index in [4.69, 9.17) is 10.00 Å². The number of amides is 2. The fourth-order valence-corrected chi connectivity index (χ4v) is 3.58. The summed E-state index contributed by atoms with van der Waals surface area (Å²) in [6.07, 6.45) is -0.912. The summed E-state index contributed by atoms with van der Waals surface area (Å²) < 4.78 is 29.9. The van der Waals surface area contributed by atoms with Crippen molar-refractivity contribution in [3.63, 3.8) is 0 Å². The first-order chi connectivity index (χ1) is 12.0. The fraction of sp³-hybridized carbons (Fsp3) is 0.471. The van der Waals surface area contributed by atoms with Crippen LogP contribution >= 0.6 is 0 Å². The third kappa shape index (κ3) is 8.48. The number of benzene rings is 1. The van der Waals surface area contributed by atoms with Crippen LogP contribution in [0.25, 0.3) is 0 Å². The first kappa shape index (κ1) is 21.4. The summed E-state index contributed by atoms with van der Waals surface area (Å²) >= 11 is 0. The van der Waals surface area contributed by atoms with Crippen LogP contribution in [-0.4, -0.2) is 44.4 Å². The van der Waals surface area contributed by atoms with Gasteiger partial charge in [0.25, 0.3) is 0 Å². The molecule has 0 aliphatic rings. The molecule has 0 saturated carbocycles. The summed E-state index contributed by atoms with van der Waals surface area (Å²) in [5.74, 6) is -1.65. The Hall–Kier alpha value is -2.60. The number of nitriles is 1. The molecular weight excluding hydrogens is 358 g/mol. The van der Waals surface area contributed by atoms with Gasteiger partial charge in [0.15, 0.2) is 9.84 Å². The molecule has 1 aromatic carbocycles. The Morgan fingerprint density at radius 1 is 1.23 bits per heavy atom. The molecule has 0 bridgehead atoms. The summed E-state index contributed by atoms with van der Waals surface area (Å²) in [4.78, 5) is 24.1. The van der Waals surface area contributed by atoms with Crippen molar-refractivity contribution in [2.24, 2.45) is 0 Å². The molecule has 8 nitrogen and oxygen atoms in total.